The second-order valence-corrected chi connectivity index (χ2v) is 7.27. The zero-order chi connectivity index (χ0) is 23.7. The number of hydrogen-bond donors (Lipinski definition) is 2. The second-order valence-electron chi connectivity index (χ2n) is 5.56. The third-order valence-electron chi connectivity index (χ3n) is 3.52. The maximum Gasteiger partial charge on any atom is 0.461 e. The molecule has 0 unspecified atom stereocenters. The first-order valence-corrected chi connectivity index (χ1v) is 9.14. The fourth-order valence-electron chi connectivity index (χ4n) is 2.19. The van der Waals surface area contributed by atoms with E-state index in [4.69, 9.17) is 0 Å². The number of nitro groups is 2. The number of benzene rings is 2. The van der Waals surface area contributed by atoms with Crippen molar-refractivity contribution in [1.29, 1.82) is 0 Å². The van der Waals surface area contributed by atoms with E-state index in [1.165, 1.54) is 0 Å². The number of carbonyl (C=O) groups is 1. The number of halogens is 6. The van der Waals surface area contributed by atoms with E-state index >= 15 is 0 Å². The van der Waals surface area contributed by atoms with Gasteiger partial charge in [0.1, 0.15) is 11.4 Å². The van der Waals surface area contributed by atoms with Crippen LogP contribution in [0.5, 0.6) is 5.75 Å². The number of rotatable bonds is 8. The van der Waals surface area contributed by atoms with Crippen molar-refractivity contribution in [3.63, 3.8) is 0 Å². The number of aromatic carboxylic acids is 1. The summed E-state index contributed by atoms with van der Waals surface area (Å²) < 4.78 is 55.2. The number of nitrogens with one attached hydrogen (secondary N) is 1. The van der Waals surface area contributed by atoms with E-state index in [0.717, 1.165) is 12.1 Å². The van der Waals surface area contributed by atoms with Crippen molar-refractivity contribution < 1.29 is 42.0 Å². The SMILES string of the molecule is O=C(O)c1cc([N+](=O)[O-])cc([N+](=O)[O-])c1Nc1cc(OC(F)(F)C(F)F)c(Br)cc1Br. The van der Waals surface area contributed by atoms with Gasteiger partial charge >= 0.3 is 18.5 Å². The van der Waals surface area contributed by atoms with E-state index < -0.39 is 56.7 Å². The Hall–Kier alpha value is -3.01. The van der Waals surface area contributed by atoms with Gasteiger partial charge in [0.25, 0.3) is 11.4 Å². The molecule has 0 saturated carbocycles. The molecule has 16 heteroatoms. The first kappa shape index (κ1) is 24.3. The summed E-state index contributed by atoms with van der Waals surface area (Å²) in [6.45, 7) is 0. The molecule has 31 heavy (non-hydrogen) atoms. The number of nitrogens with zero attached hydrogens (tertiary/aromatic N) is 2. The molecule has 0 radical (unpaired) electrons. The number of alkyl halides is 4. The average molecular weight is 577 g/mol. The third kappa shape index (κ3) is 5.38. The molecule has 0 aliphatic carbocycles. The lowest BCUT2D eigenvalue weighted by Crippen LogP contribution is -2.33. The highest BCUT2D eigenvalue weighted by atomic mass is 79.9. The van der Waals surface area contributed by atoms with Gasteiger partial charge in [-0.2, -0.15) is 17.6 Å². The lowest BCUT2D eigenvalue weighted by atomic mass is 10.1. The first-order chi connectivity index (χ1) is 14.2. The minimum atomic E-state index is -4.88. The molecule has 0 aliphatic rings. The molecule has 0 heterocycles. The van der Waals surface area contributed by atoms with Gasteiger partial charge in [-0.25, -0.2) is 4.79 Å². The van der Waals surface area contributed by atoms with E-state index in [1.807, 2.05) is 0 Å². The molecular formula is C15H7Br2F4N3O7. The van der Waals surface area contributed by atoms with E-state index in [1.54, 1.807) is 0 Å². The predicted octanol–water partition coefficient (Wildman–Crippen LogP) is 5.71. The highest BCUT2D eigenvalue weighted by Gasteiger charge is 2.44. The van der Waals surface area contributed by atoms with Gasteiger partial charge in [0.15, 0.2) is 0 Å². The van der Waals surface area contributed by atoms with E-state index in [0.29, 0.717) is 12.1 Å². The van der Waals surface area contributed by atoms with Gasteiger partial charge in [0.2, 0.25) is 0 Å². The van der Waals surface area contributed by atoms with Gasteiger partial charge in [-0.1, -0.05) is 0 Å². The van der Waals surface area contributed by atoms with Gasteiger partial charge in [-0.05, 0) is 37.9 Å². The Kier molecular flexibility index (Phi) is 7.05. The number of nitro benzene ring substituents is 2. The zero-order valence-electron chi connectivity index (χ0n) is 14.4. The fourth-order valence-corrected chi connectivity index (χ4v) is 3.36. The summed E-state index contributed by atoms with van der Waals surface area (Å²) in [6, 6.07) is 2.84. The average Bonchev–Trinajstić information content (AvgIpc) is 2.64. The number of anilines is 2. The molecule has 2 aromatic rings. The van der Waals surface area contributed by atoms with Crippen LogP contribution in [0.2, 0.25) is 0 Å². The molecule has 166 valence electrons. The zero-order valence-corrected chi connectivity index (χ0v) is 17.6. The molecule has 0 aliphatic heterocycles. The van der Waals surface area contributed by atoms with E-state index in [2.05, 4.69) is 41.9 Å². The molecule has 0 aromatic heterocycles. The van der Waals surface area contributed by atoms with Crippen LogP contribution >= 0.6 is 31.9 Å². The number of hydrogen-bond acceptors (Lipinski definition) is 7. The highest BCUT2D eigenvalue weighted by molar-refractivity contribution is 9.11. The van der Waals surface area contributed by atoms with Crippen molar-refractivity contribution in [2.45, 2.75) is 12.5 Å². The molecule has 0 bridgehead atoms. The molecule has 0 spiro atoms. The van der Waals surface area contributed by atoms with Crippen LogP contribution in [-0.2, 0) is 0 Å². The normalized spacial score (nSPS) is 11.3. The van der Waals surface area contributed by atoms with Gasteiger partial charge in [-0.15, -0.1) is 0 Å². The Bertz CT molecular complexity index is 1050. The van der Waals surface area contributed by atoms with Gasteiger partial charge in [0.05, 0.1) is 31.6 Å². The molecule has 10 nitrogen and oxygen atoms in total. The topological polar surface area (TPSA) is 145 Å². The van der Waals surface area contributed by atoms with Gasteiger partial charge in [-0.3, -0.25) is 20.2 Å². The summed E-state index contributed by atoms with van der Waals surface area (Å²) in [6.07, 6.45) is -9.05. The Morgan fingerprint density at radius 3 is 2.19 bits per heavy atom. The Balaban J connectivity index is 2.65. The third-order valence-corrected chi connectivity index (χ3v) is 4.80. The quantitative estimate of drug-likeness (QED) is 0.231. The Labute approximate surface area is 185 Å². The first-order valence-electron chi connectivity index (χ1n) is 7.55. The molecule has 2 N–H and O–H groups in total. The summed E-state index contributed by atoms with van der Waals surface area (Å²) in [5.74, 6) is -2.58. The molecule has 0 fully saturated rings. The van der Waals surface area contributed by atoms with Crippen LogP contribution in [0.1, 0.15) is 10.4 Å². The standard InChI is InChI=1S/C15H7Br2F4N3O7/c16-7-3-8(17)11(31-15(20,21)14(18)19)4-9(7)22-12-6(13(25)26)1-5(23(27)28)2-10(12)24(29)30/h1-4,14,22H,(H,25,26). The van der Waals surface area contributed by atoms with Crippen LogP contribution in [0.3, 0.4) is 0 Å². The molecule has 0 atom stereocenters. The molecule has 0 saturated heterocycles. The highest BCUT2D eigenvalue weighted by Crippen LogP contribution is 2.42. The van der Waals surface area contributed by atoms with Crippen LogP contribution < -0.4 is 10.1 Å². The van der Waals surface area contributed by atoms with Crippen molar-refractivity contribution >= 4 is 60.6 Å². The second kappa shape index (κ2) is 9.01. The number of carboxylic acid groups (broad SMARTS) is 1. The van der Waals surface area contributed by atoms with Crippen LogP contribution in [-0.4, -0.2) is 33.5 Å². The van der Waals surface area contributed by atoms with Crippen molar-refractivity contribution in [2.75, 3.05) is 5.32 Å². The number of carboxylic acids is 1. The van der Waals surface area contributed by atoms with Crippen LogP contribution in [0, 0.1) is 20.2 Å². The van der Waals surface area contributed by atoms with Gasteiger partial charge < -0.3 is 15.2 Å². The minimum Gasteiger partial charge on any atom is -0.478 e. The van der Waals surface area contributed by atoms with Crippen molar-refractivity contribution in [3.8, 4) is 5.75 Å². The van der Waals surface area contributed by atoms with Crippen LogP contribution in [0.25, 0.3) is 0 Å². The van der Waals surface area contributed by atoms with Crippen LogP contribution in [0.15, 0.2) is 33.2 Å². The maximum absolute atomic E-state index is 13.3. The summed E-state index contributed by atoms with van der Waals surface area (Å²) >= 11 is 5.83. The Morgan fingerprint density at radius 1 is 1.10 bits per heavy atom. The number of non-ortho nitro benzene ring substituents is 1. The number of ether oxygens (including phenoxy) is 1. The predicted molar refractivity (Wildman–Crippen MR) is 103 cm³/mol. The molecular weight excluding hydrogens is 570 g/mol. The smallest absolute Gasteiger partial charge is 0.461 e. The summed E-state index contributed by atoms with van der Waals surface area (Å²) in [5.41, 5.74) is -3.80. The fraction of sp³-hybridized carbons (Fsp3) is 0.133. The van der Waals surface area contributed by atoms with Crippen LogP contribution in [0.4, 0.5) is 40.3 Å². The molecule has 2 aromatic carbocycles. The summed E-state index contributed by atoms with van der Waals surface area (Å²) in [7, 11) is 0. The lowest BCUT2D eigenvalue weighted by Gasteiger charge is -2.19. The monoisotopic (exact) mass is 575 g/mol. The maximum atomic E-state index is 13.3. The lowest BCUT2D eigenvalue weighted by molar-refractivity contribution is -0.393. The minimum absolute atomic E-state index is 0.0241. The summed E-state index contributed by atoms with van der Waals surface area (Å²) in [5, 5.41) is 33.9. The van der Waals surface area contributed by atoms with Crippen molar-refractivity contribution in [3.05, 3.63) is 59.0 Å². The largest absolute Gasteiger partial charge is 0.478 e. The van der Waals surface area contributed by atoms with E-state index in [9.17, 15) is 47.7 Å². The Morgan fingerprint density at radius 2 is 1.71 bits per heavy atom. The summed E-state index contributed by atoms with van der Waals surface area (Å²) in [4.78, 5) is 31.7. The van der Waals surface area contributed by atoms with Crippen molar-refractivity contribution in [2.24, 2.45) is 0 Å². The molecule has 0 amide bonds. The van der Waals surface area contributed by atoms with Gasteiger partial charge in [0, 0.05) is 16.6 Å². The van der Waals surface area contributed by atoms with E-state index in [-0.39, 0.29) is 14.6 Å². The van der Waals surface area contributed by atoms with Crippen molar-refractivity contribution in [1.82, 2.24) is 0 Å². The molecule has 2 rings (SSSR count).